The number of carbonyl (C=O) groups is 1. The van der Waals surface area contributed by atoms with Crippen molar-refractivity contribution in [3.8, 4) is 0 Å². The third-order valence-electron chi connectivity index (χ3n) is 4.86. The standard InChI is InChI=1S/C14H18N2O4S2/c1-9-3-11(21-6-9)13(17)16-5-10-4-12-14(8-16,20-10)7-15(2)22(12,18)19/h3,6,10,12H,4-5,7-8H2,1-2H3/t10-,12+,14?/m1/s1. The highest BCUT2D eigenvalue weighted by Crippen LogP contribution is 2.46. The third-order valence-corrected chi connectivity index (χ3v) is 8.24. The van der Waals surface area contributed by atoms with Crippen molar-refractivity contribution in [3.05, 3.63) is 21.9 Å². The summed E-state index contributed by atoms with van der Waals surface area (Å²) in [4.78, 5) is 15.2. The van der Waals surface area contributed by atoms with Gasteiger partial charge in [-0.15, -0.1) is 11.3 Å². The Morgan fingerprint density at radius 2 is 2.23 bits per heavy atom. The van der Waals surface area contributed by atoms with E-state index in [2.05, 4.69) is 0 Å². The Bertz CT molecular complexity index is 744. The second-order valence-electron chi connectivity index (χ2n) is 6.50. The lowest BCUT2D eigenvalue weighted by Crippen LogP contribution is -2.56. The van der Waals surface area contributed by atoms with E-state index in [-0.39, 0.29) is 12.0 Å². The topological polar surface area (TPSA) is 66.9 Å². The van der Waals surface area contributed by atoms with Gasteiger partial charge in [-0.3, -0.25) is 4.79 Å². The highest BCUT2D eigenvalue weighted by Gasteiger charge is 2.64. The van der Waals surface area contributed by atoms with Crippen LogP contribution in [0.4, 0.5) is 0 Å². The van der Waals surface area contributed by atoms with Gasteiger partial charge in [-0.25, -0.2) is 12.7 Å². The van der Waals surface area contributed by atoms with Gasteiger partial charge >= 0.3 is 0 Å². The van der Waals surface area contributed by atoms with Crippen molar-refractivity contribution in [2.45, 2.75) is 30.3 Å². The zero-order chi connectivity index (χ0) is 15.7. The van der Waals surface area contributed by atoms with E-state index < -0.39 is 20.9 Å². The molecule has 0 aromatic carbocycles. The lowest BCUT2D eigenvalue weighted by Gasteiger charge is -2.39. The van der Waals surface area contributed by atoms with E-state index in [0.29, 0.717) is 30.9 Å². The van der Waals surface area contributed by atoms with Crippen molar-refractivity contribution < 1.29 is 17.9 Å². The number of likely N-dealkylation sites (N-methyl/N-ethyl adjacent to an activating group) is 1. The van der Waals surface area contributed by atoms with Crippen molar-refractivity contribution >= 4 is 27.3 Å². The lowest BCUT2D eigenvalue weighted by atomic mass is 9.99. The Hall–Kier alpha value is -0.960. The molecule has 3 saturated heterocycles. The highest BCUT2D eigenvalue weighted by atomic mass is 32.2. The molecule has 22 heavy (non-hydrogen) atoms. The van der Waals surface area contributed by atoms with Crippen LogP contribution in [0.3, 0.4) is 0 Å². The molecule has 3 atom stereocenters. The van der Waals surface area contributed by atoms with Crippen LogP contribution in [0.2, 0.25) is 0 Å². The first-order chi connectivity index (χ1) is 10.3. The molecule has 1 spiro atoms. The molecular formula is C14H18N2O4S2. The van der Waals surface area contributed by atoms with Crippen LogP contribution >= 0.6 is 11.3 Å². The van der Waals surface area contributed by atoms with E-state index in [1.165, 1.54) is 15.6 Å². The van der Waals surface area contributed by atoms with Crippen LogP contribution in [0.25, 0.3) is 0 Å². The Kier molecular flexibility index (Phi) is 3.01. The molecule has 0 N–H and O–H groups in total. The van der Waals surface area contributed by atoms with Gasteiger partial charge in [-0.05, 0) is 30.4 Å². The Balaban J connectivity index is 1.64. The largest absolute Gasteiger partial charge is 0.365 e. The summed E-state index contributed by atoms with van der Waals surface area (Å²) in [6.07, 6.45) is 0.312. The summed E-state index contributed by atoms with van der Waals surface area (Å²) in [5, 5.41) is 1.44. The van der Waals surface area contributed by atoms with Crippen LogP contribution in [-0.2, 0) is 14.8 Å². The quantitative estimate of drug-likeness (QED) is 0.753. The summed E-state index contributed by atoms with van der Waals surface area (Å²) >= 11 is 1.44. The van der Waals surface area contributed by atoms with Gasteiger partial charge in [-0.1, -0.05) is 0 Å². The predicted octanol–water partition coefficient (Wildman–Crippen LogP) is 0.684. The Morgan fingerprint density at radius 1 is 1.45 bits per heavy atom. The van der Waals surface area contributed by atoms with Crippen LogP contribution in [0.15, 0.2) is 11.4 Å². The van der Waals surface area contributed by atoms with Gasteiger partial charge in [-0.2, -0.15) is 0 Å². The third kappa shape index (κ3) is 1.90. The molecule has 120 valence electrons. The average molecular weight is 342 g/mol. The minimum Gasteiger partial charge on any atom is -0.365 e. The van der Waals surface area contributed by atoms with Gasteiger partial charge in [0, 0.05) is 20.1 Å². The van der Waals surface area contributed by atoms with Crippen LogP contribution in [0.1, 0.15) is 21.7 Å². The number of likely N-dealkylation sites (tertiary alicyclic amines) is 1. The van der Waals surface area contributed by atoms with Crippen LogP contribution in [0, 0.1) is 6.92 Å². The molecule has 4 rings (SSSR count). The minimum atomic E-state index is -3.30. The molecule has 1 amide bonds. The van der Waals surface area contributed by atoms with Crippen molar-refractivity contribution in [1.29, 1.82) is 0 Å². The lowest BCUT2D eigenvalue weighted by molar-refractivity contribution is -0.0965. The van der Waals surface area contributed by atoms with Gasteiger partial charge in [0.25, 0.3) is 5.91 Å². The van der Waals surface area contributed by atoms with Crippen molar-refractivity contribution in [2.75, 3.05) is 26.7 Å². The Labute approximate surface area is 133 Å². The van der Waals surface area contributed by atoms with Gasteiger partial charge < -0.3 is 9.64 Å². The van der Waals surface area contributed by atoms with Gasteiger partial charge in [0.05, 0.1) is 17.5 Å². The first-order valence-corrected chi connectivity index (χ1v) is 9.67. The summed E-state index contributed by atoms with van der Waals surface area (Å²) in [5.41, 5.74) is 0.321. The number of thiophene rings is 1. The maximum absolute atomic E-state index is 12.7. The molecule has 6 nitrogen and oxygen atoms in total. The zero-order valence-corrected chi connectivity index (χ0v) is 14.1. The van der Waals surface area contributed by atoms with Crippen LogP contribution in [-0.4, -0.2) is 67.2 Å². The molecule has 0 radical (unpaired) electrons. The fraction of sp³-hybridized carbons (Fsp3) is 0.643. The van der Waals surface area contributed by atoms with Gasteiger partial charge in [0.15, 0.2) is 0 Å². The highest BCUT2D eigenvalue weighted by molar-refractivity contribution is 7.90. The smallest absolute Gasteiger partial charge is 0.264 e. The maximum atomic E-state index is 12.7. The molecule has 3 aliphatic rings. The van der Waals surface area contributed by atoms with Crippen molar-refractivity contribution in [3.63, 3.8) is 0 Å². The number of aryl methyl sites for hydroxylation is 1. The van der Waals surface area contributed by atoms with Gasteiger partial charge in [0.1, 0.15) is 10.9 Å². The summed E-state index contributed by atoms with van der Waals surface area (Å²) in [6.45, 7) is 3.13. The molecule has 3 fully saturated rings. The number of morpholine rings is 1. The second-order valence-corrected chi connectivity index (χ2v) is 9.64. The summed E-state index contributed by atoms with van der Waals surface area (Å²) in [5.74, 6) is -0.0154. The maximum Gasteiger partial charge on any atom is 0.264 e. The van der Waals surface area contributed by atoms with E-state index in [9.17, 15) is 13.2 Å². The van der Waals surface area contributed by atoms with Crippen molar-refractivity contribution in [1.82, 2.24) is 9.21 Å². The number of ether oxygens (including phenoxy) is 1. The first kappa shape index (κ1) is 14.6. The van der Waals surface area contributed by atoms with E-state index in [1.807, 2.05) is 18.4 Å². The van der Waals surface area contributed by atoms with Crippen LogP contribution < -0.4 is 0 Å². The summed E-state index contributed by atoms with van der Waals surface area (Å²) in [6, 6.07) is 1.89. The molecule has 1 unspecified atom stereocenters. The number of fused-ring (bicyclic) bond motifs is 1. The molecule has 4 heterocycles. The number of hydrogen-bond acceptors (Lipinski definition) is 5. The second kappa shape index (κ2) is 4.53. The molecule has 1 aromatic rings. The molecule has 2 bridgehead atoms. The number of sulfonamides is 1. The molecule has 3 aliphatic heterocycles. The van der Waals surface area contributed by atoms with Gasteiger partial charge in [0.2, 0.25) is 10.0 Å². The van der Waals surface area contributed by atoms with Crippen LogP contribution in [0.5, 0.6) is 0 Å². The average Bonchev–Trinajstić information content (AvgIpc) is 3.03. The van der Waals surface area contributed by atoms with E-state index in [4.69, 9.17) is 4.74 Å². The van der Waals surface area contributed by atoms with E-state index in [1.54, 1.807) is 11.9 Å². The molecule has 1 aromatic heterocycles. The Morgan fingerprint density at radius 3 is 2.91 bits per heavy atom. The number of hydrogen-bond donors (Lipinski definition) is 0. The summed E-state index contributed by atoms with van der Waals surface area (Å²) in [7, 11) is -1.72. The number of amides is 1. The molecule has 8 heteroatoms. The number of carbonyl (C=O) groups excluding carboxylic acids is 1. The SMILES string of the molecule is Cc1csc(C(=O)N2C[C@H]3C[C@H]4C(C2)(CN(C)S4(=O)=O)O3)c1. The monoisotopic (exact) mass is 342 g/mol. The van der Waals surface area contributed by atoms with E-state index in [0.717, 1.165) is 5.56 Å². The number of nitrogens with zero attached hydrogens (tertiary/aromatic N) is 2. The number of rotatable bonds is 1. The zero-order valence-electron chi connectivity index (χ0n) is 12.5. The van der Waals surface area contributed by atoms with E-state index >= 15 is 0 Å². The molecule has 0 aliphatic carbocycles. The fourth-order valence-electron chi connectivity index (χ4n) is 3.91. The fourth-order valence-corrected chi connectivity index (χ4v) is 6.82. The summed E-state index contributed by atoms with van der Waals surface area (Å²) < 4.78 is 32.2. The molecule has 0 saturated carbocycles. The minimum absolute atomic E-state index is 0.0154. The molecular weight excluding hydrogens is 324 g/mol. The predicted molar refractivity (Wildman–Crippen MR) is 82.5 cm³/mol. The normalized spacial score (nSPS) is 36.5. The first-order valence-electron chi connectivity index (χ1n) is 7.29. The van der Waals surface area contributed by atoms with Crippen molar-refractivity contribution in [2.24, 2.45) is 0 Å².